The Labute approximate surface area is 89.1 Å². The van der Waals surface area contributed by atoms with Crippen LogP contribution in [0.1, 0.15) is 24.7 Å². The first-order valence-electron chi connectivity index (χ1n) is 4.91. The average Bonchev–Trinajstić information content (AvgIpc) is 2.14. The van der Waals surface area contributed by atoms with Crippen molar-refractivity contribution in [2.75, 3.05) is 5.32 Å². The van der Waals surface area contributed by atoms with Crippen LogP contribution >= 0.6 is 0 Å². The van der Waals surface area contributed by atoms with E-state index in [0.29, 0.717) is 12.4 Å². The predicted molar refractivity (Wildman–Crippen MR) is 58.4 cm³/mol. The van der Waals surface area contributed by atoms with Crippen LogP contribution in [0.4, 0.5) is 5.95 Å². The topological polar surface area (TPSA) is 80.9 Å². The van der Waals surface area contributed by atoms with Crippen LogP contribution in [0.25, 0.3) is 0 Å². The van der Waals surface area contributed by atoms with Crippen LogP contribution in [-0.4, -0.2) is 21.9 Å². The van der Waals surface area contributed by atoms with Gasteiger partial charge in [-0.15, -0.1) is 0 Å². The molecule has 1 heterocycles. The van der Waals surface area contributed by atoms with Gasteiger partial charge in [-0.25, -0.2) is 9.97 Å². The van der Waals surface area contributed by atoms with Crippen LogP contribution in [0.15, 0.2) is 6.07 Å². The molecule has 0 unspecified atom stereocenters. The molecule has 0 radical (unpaired) electrons. The van der Waals surface area contributed by atoms with E-state index in [1.165, 1.54) is 0 Å². The molecule has 1 atom stereocenters. The van der Waals surface area contributed by atoms with E-state index >= 15 is 0 Å². The lowest BCUT2D eigenvalue weighted by Gasteiger charge is -2.09. The third kappa shape index (κ3) is 3.28. The first-order valence-corrected chi connectivity index (χ1v) is 4.91. The van der Waals surface area contributed by atoms with E-state index in [-0.39, 0.29) is 5.91 Å². The third-order valence-electron chi connectivity index (χ3n) is 1.99. The van der Waals surface area contributed by atoms with Gasteiger partial charge in [0, 0.05) is 11.4 Å². The molecule has 0 bridgehead atoms. The summed E-state index contributed by atoms with van der Waals surface area (Å²) < 4.78 is 0. The summed E-state index contributed by atoms with van der Waals surface area (Å²) in [6.45, 7) is 5.56. The number of aryl methyl sites for hydroxylation is 2. The first-order chi connectivity index (χ1) is 7.02. The lowest BCUT2D eigenvalue weighted by atomic mass is 10.2. The molecule has 15 heavy (non-hydrogen) atoms. The molecular formula is C10H16N4O. The Morgan fingerprint density at radius 2 is 2.00 bits per heavy atom. The van der Waals surface area contributed by atoms with Gasteiger partial charge in [0.2, 0.25) is 11.9 Å². The van der Waals surface area contributed by atoms with Crippen LogP contribution < -0.4 is 11.1 Å². The molecule has 0 spiro atoms. The van der Waals surface area contributed by atoms with E-state index in [0.717, 1.165) is 11.4 Å². The van der Waals surface area contributed by atoms with Gasteiger partial charge in [-0.05, 0) is 26.3 Å². The van der Waals surface area contributed by atoms with Crippen LogP contribution in [0.2, 0.25) is 0 Å². The zero-order chi connectivity index (χ0) is 11.4. The van der Waals surface area contributed by atoms with Crippen molar-refractivity contribution < 1.29 is 4.79 Å². The number of rotatable bonds is 3. The van der Waals surface area contributed by atoms with Crippen molar-refractivity contribution in [3.63, 3.8) is 0 Å². The highest BCUT2D eigenvalue weighted by Crippen LogP contribution is 2.04. The molecular weight excluding hydrogens is 192 g/mol. The Hall–Kier alpha value is -1.49. The van der Waals surface area contributed by atoms with Gasteiger partial charge >= 0.3 is 0 Å². The van der Waals surface area contributed by atoms with Gasteiger partial charge in [-0.2, -0.15) is 0 Å². The second-order valence-electron chi connectivity index (χ2n) is 3.48. The molecule has 0 aromatic carbocycles. The van der Waals surface area contributed by atoms with Crippen molar-refractivity contribution >= 4 is 11.9 Å². The molecule has 0 aliphatic rings. The highest BCUT2D eigenvalue weighted by molar-refractivity contribution is 5.93. The van der Waals surface area contributed by atoms with E-state index in [1.807, 2.05) is 26.8 Å². The fourth-order valence-corrected chi connectivity index (χ4v) is 1.17. The molecule has 1 rings (SSSR count). The maximum Gasteiger partial charge on any atom is 0.243 e. The maximum atomic E-state index is 11.4. The lowest BCUT2D eigenvalue weighted by Crippen LogP contribution is -2.35. The fourth-order valence-electron chi connectivity index (χ4n) is 1.17. The number of carbonyl (C=O) groups is 1. The molecule has 0 saturated heterocycles. The normalized spacial score (nSPS) is 12.3. The third-order valence-corrected chi connectivity index (χ3v) is 1.99. The van der Waals surface area contributed by atoms with E-state index in [2.05, 4.69) is 15.3 Å². The van der Waals surface area contributed by atoms with Crippen LogP contribution in [0.5, 0.6) is 0 Å². The van der Waals surface area contributed by atoms with E-state index in [1.54, 1.807) is 0 Å². The van der Waals surface area contributed by atoms with Crippen LogP contribution in [0, 0.1) is 13.8 Å². The van der Waals surface area contributed by atoms with Gasteiger partial charge in [0.25, 0.3) is 0 Å². The molecule has 0 aliphatic heterocycles. The number of nitrogens with two attached hydrogens (primary N) is 1. The minimum atomic E-state index is -0.505. The highest BCUT2D eigenvalue weighted by atomic mass is 16.2. The number of nitrogens with zero attached hydrogens (tertiary/aromatic N) is 2. The molecule has 0 saturated carbocycles. The van der Waals surface area contributed by atoms with Crippen molar-refractivity contribution in [1.82, 2.24) is 9.97 Å². The number of nitrogens with one attached hydrogen (secondary N) is 1. The standard InChI is InChI=1S/C10H16N4O/c1-4-8(11)9(15)14-10-12-6(2)5-7(3)13-10/h5,8H,4,11H2,1-3H3,(H,12,13,14,15)/t8-/m0/s1. The summed E-state index contributed by atoms with van der Waals surface area (Å²) in [6, 6.07) is 1.34. The van der Waals surface area contributed by atoms with Gasteiger partial charge < -0.3 is 5.73 Å². The molecule has 0 aliphatic carbocycles. The van der Waals surface area contributed by atoms with Gasteiger partial charge in [-0.1, -0.05) is 6.92 Å². The van der Waals surface area contributed by atoms with Crippen LogP contribution in [0.3, 0.4) is 0 Å². The molecule has 1 amide bonds. The monoisotopic (exact) mass is 208 g/mol. The molecule has 5 heteroatoms. The summed E-state index contributed by atoms with van der Waals surface area (Å²) in [6.07, 6.45) is 0.594. The van der Waals surface area contributed by atoms with Crippen molar-refractivity contribution in [1.29, 1.82) is 0 Å². The fraction of sp³-hybridized carbons (Fsp3) is 0.500. The Kier molecular flexibility index (Phi) is 3.74. The minimum absolute atomic E-state index is 0.248. The maximum absolute atomic E-state index is 11.4. The molecule has 82 valence electrons. The van der Waals surface area contributed by atoms with E-state index in [4.69, 9.17) is 5.73 Å². The number of amides is 1. The second kappa shape index (κ2) is 4.84. The summed E-state index contributed by atoms with van der Waals surface area (Å²) in [5.74, 6) is 0.0731. The van der Waals surface area contributed by atoms with Crippen LogP contribution in [-0.2, 0) is 4.79 Å². The summed E-state index contributed by atoms with van der Waals surface area (Å²) >= 11 is 0. The molecule has 0 fully saturated rings. The van der Waals surface area contributed by atoms with Crippen molar-refractivity contribution in [3.8, 4) is 0 Å². The number of hydrogen-bond donors (Lipinski definition) is 2. The quantitative estimate of drug-likeness (QED) is 0.768. The number of aromatic nitrogens is 2. The molecule has 1 aromatic rings. The Balaban J connectivity index is 2.76. The molecule has 3 N–H and O–H groups in total. The summed E-state index contributed by atoms with van der Waals surface area (Å²) in [7, 11) is 0. The molecule has 5 nitrogen and oxygen atoms in total. The summed E-state index contributed by atoms with van der Waals surface area (Å²) in [5.41, 5.74) is 7.22. The Morgan fingerprint density at radius 3 is 2.47 bits per heavy atom. The number of carbonyl (C=O) groups excluding carboxylic acids is 1. The van der Waals surface area contributed by atoms with Crippen molar-refractivity contribution in [2.45, 2.75) is 33.2 Å². The zero-order valence-corrected chi connectivity index (χ0v) is 9.24. The van der Waals surface area contributed by atoms with E-state index in [9.17, 15) is 4.79 Å². The smallest absolute Gasteiger partial charge is 0.243 e. The van der Waals surface area contributed by atoms with Gasteiger partial charge in [0.15, 0.2) is 0 Å². The van der Waals surface area contributed by atoms with Gasteiger partial charge in [0.05, 0.1) is 6.04 Å². The summed E-state index contributed by atoms with van der Waals surface area (Å²) in [4.78, 5) is 19.6. The van der Waals surface area contributed by atoms with Gasteiger partial charge in [0.1, 0.15) is 0 Å². The van der Waals surface area contributed by atoms with E-state index < -0.39 is 6.04 Å². The number of anilines is 1. The predicted octanol–water partition coefficient (Wildman–Crippen LogP) is 0.769. The largest absolute Gasteiger partial charge is 0.320 e. The van der Waals surface area contributed by atoms with Crippen molar-refractivity contribution in [3.05, 3.63) is 17.5 Å². The van der Waals surface area contributed by atoms with Gasteiger partial charge in [-0.3, -0.25) is 10.1 Å². The Morgan fingerprint density at radius 1 is 1.47 bits per heavy atom. The Bertz CT molecular complexity index is 344. The molecule has 1 aromatic heterocycles. The minimum Gasteiger partial charge on any atom is -0.320 e. The highest BCUT2D eigenvalue weighted by Gasteiger charge is 2.12. The lowest BCUT2D eigenvalue weighted by molar-refractivity contribution is -0.117. The van der Waals surface area contributed by atoms with Crippen molar-refractivity contribution in [2.24, 2.45) is 5.73 Å². The first kappa shape index (κ1) is 11.6. The number of hydrogen-bond acceptors (Lipinski definition) is 4. The average molecular weight is 208 g/mol. The second-order valence-corrected chi connectivity index (χ2v) is 3.48. The zero-order valence-electron chi connectivity index (χ0n) is 9.24. The SMILES string of the molecule is CC[C@H](N)C(=O)Nc1nc(C)cc(C)n1. The summed E-state index contributed by atoms with van der Waals surface area (Å²) in [5, 5.41) is 2.59.